The number of aliphatic hydroxyl groups excluding tert-OH is 1. The van der Waals surface area contributed by atoms with Gasteiger partial charge in [-0.3, -0.25) is 0 Å². The molecule has 1 rings (SSSR count). The first-order chi connectivity index (χ1) is 7.02. The molecule has 15 heavy (non-hydrogen) atoms. The predicted octanol–water partition coefficient (Wildman–Crippen LogP) is 2.57. The average molecular weight is 275 g/mol. The first-order valence-electron chi connectivity index (χ1n) is 4.69. The lowest BCUT2D eigenvalue weighted by atomic mass is 9.96. The summed E-state index contributed by atoms with van der Waals surface area (Å²) in [6.45, 7) is 3.88. The Morgan fingerprint density at radius 3 is 2.60 bits per heavy atom. The monoisotopic (exact) mass is 274 g/mol. The van der Waals surface area contributed by atoms with Crippen LogP contribution < -0.4 is 4.74 Å². The fourth-order valence-electron chi connectivity index (χ4n) is 1.65. The topological polar surface area (TPSA) is 49.7 Å². The number of hydrogen-bond acceptors (Lipinski definition) is 3. The molecule has 0 fully saturated rings. The Morgan fingerprint density at radius 2 is 2.13 bits per heavy atom. The lowest BCUT2D eigenvalue weighted by Gasteiger charge is -2.17. The molecule has 0 radical (unpaired) electrons. The Labute approximate surface area is 97.8 Å². The molecule has 0 aliphatic rings. The Balaban J connectivity index is 3.38. The van der Waals surface area contributed by atoms with Gasteiger partial charge in [-0.25, -0.2) is 0 Å². The minimum Gasteiger partial charge on any atom is -0.504 e. The highest BCUT2D eigenvalue weighted by atomic mass is 79.9. The molecule has 1 aromatic carbocycles. The third-order valence-corrected chi connectivity index (χ3v) is 3.20. The average Bonchev–Trinajstić information content (AvgIpc) is 2.17. The van der Waals surface area contributed by atoms with E-state index in [1.54, 1.807) is 6.07 Å². The summed E-state index contributed by atoms with van der Waals surface area (Å²) in [7, 11) is 1.50. The van der Waals surface area contributed by atoms with E-state index < -0.39 is 0 Å². The highest BCUT2D eigenvalue weighted by Gasteiger charge is 2.18. The molecule has 0 aliphatic carbocycles. The second kappa shape index (κ2) is 4.86. The third-order valence-electron chi connectivity index (χ3n) is 2.42. The van der Waals surface area contributed by atoms with Crippen LogP contribution in [-0.2, 0) is 0 Å². The van der Waals surface area contributed by atoms with Gasteiger partial charge >= 0.3 is 0 Å². The van der Waals surface area contributed by atoms with Crippen molar-refractivity contribution in [1.29, 1.82) is 0 Å². The van der Waals surface area contributed by atoms with E-state index in [2.05, 4.69) is 15.9 Å². The molecule has 0 saturated carbocycles. The lowest BCUT2D eigenvalue weighted by Crippen LogP contribution is -2.04. The molecule has 84 valence electrons. The molecule has 1 unspecified atom stereocenters. The van der Waals surface area contributed by atoms with Gasteiger partial charge < -0.3 is 14.9 Å². The Kier molecular flexibility index (Phi) is 3.99. The lowest BCUT2D eigenvalue weighted by molar-refractivity contribution is 0.271. The molecule has 3 nitrogen and oxygen atoms in total. The van der Waals surface area contributed by atoms with Crippen LogP contribution in [0.15, 0.2) is 10.5 Å². The van der Waals surface area contributed by atoms with Crippen molar-refractivity contribution in [2.24, 2.45) is 0 Å². The normalized spacial score (nSPS) is 12.6. The summed E-state index contributed by atoms with van der Waals surface area (Å²) in [6.07, 6.45) is 0. The third kappa shape index (κ3) is 2.26. The molecule has 1 atom stereocenters. The van der Waals surface area contributed by atoms with E-state index >= 15 is 0 Å². The van der Waals surface area contributed by atoms with Crippen LogP contribution in [-0.4, -0.2) is 23.9 Å². The van der Waals surface area contributed by atoms with Crippen molar-refractivity contribution < 1.29 is 14.9 Å². The summed E-state index contributed by atoms with van der Waals surface area (Å²) in [5.74, 6) is 0.528. The second-order valence-corrected chi connectivity index (χ2v) is 4.35. The van der Waals surface area contributed by atoms with Crippen molar-refractivity contribution >= 4 is 15.9 Å². The minimum absolute atomic E-state index is 0.00822. The SMILES string of the molecule is COc1c(O)cc(C)c(C(C)CO)c1Br. The van der Waals surface area contributed by atoms with Gasteiger partial charge in [0.05, 0.1) is 11.6 Å². The maximum atomic E-state index is 9.63. The van der Waals surface area contributed by atoms with Gasteiger partial charge in [-0.2, -0.15) is 0 Å². The summed E-state index contributed by atoms with van der Waals surface area (Å²) in [4.78, 5) is 0. The maximum Gasteiger partial charge on any atom is 0.174 e. The Hall–Kier alpha value is -0.740. The molecule has 1 aromatic rings. The molecular formula is C11H15BrO3. The number of hydrogen-bond donors (Lipinski definition) is 2. The van der Waals surface area contributed by atoms with Crippen LogP contribution in [0.2, 0.25) is 0 Å². The van der Waals surface area contributed by atoms with E-state index in [1.807, 2.05) is 13.8 Å². The van der Waals surface area contributed by atoms with Crippen LogP contribution >= 0.6 is 15.9 Å². The zero-order chi connectivity index (χ0) is 11.6. The van der Waals surface area contributed by atoms with Gasteiger partial charge in [-0.15, -0.1) is 0 Å². The van der Waals surface area contributed by atoms with Crippen molar-refractivity contribution in [3.05, 3.63) is 21.7 Å². The van der Waals surface area contributed by atoms with E-state index in [1.165, 1.54) is 7.11 Å². The van der Waals surface area contributed by atoms with Crippen LogP contribution in [0.1, 0.15) is 24.0 Å². The Morgan fingerprint density at radius 1 is 1.53 bits per heavy atom. The van der Waals surface area contributed by atoms with Gasteiger partial charge in [0.15, 0.2) is 11.5 Å². The maximum absolute atomic E-state index is 9.63. The van der Waals surface area contributed by atoms with Gasteiger partial charge in [0.1, 0.15) is 0 Å². The van der Waals surface area contributed by atoms with Crippen molar-refractivity contribution in [1.82, 2.24) is 0 Å². The van der Waals surface area contributed by atoms with Gasteiger partial charge in [0.25, 0.3) is 0 Å². The van der Waals surface area contributed by atoms with E-state index in [9.17, 15) is 5.11 Å². The van der Waals surface area contributed by atoms with E-state index in [4.69, 9.17) is 9.84 Å². The summed E-state index contributed by atoms with van der Waals surface area (Å²) in [6, 6.07) is 1.64. The van der Waals surface area contributed by atoms with E-state index in [0.717, 1.165) is 11.1 Å². The van der Waals surface area contributed by atoms with Crippen molar-refractivity contribution in [3.63, 3.8) is 0 Å². The molecule has 2 N–H and O–H groups in total. The molecule has 0 amide bonds. The zero-order valence-electron chi connectivity index (χ0n) is 9.04. The van der Waals surface area contributed by atoms with Crippen molar-refractivity contribution in [2.45, 2.75) is 19.8 Å². The molecule has 0 heterocycles. The molecule has 0 bridgehead atoms. The number of halogens is 1. The zero-order valence-corrected chi connectivity index (χ0v) is 10.6. The summed E-state index contributed by atoms with van der Waals surface area (Å²) < 4.78 is 5.80. The van der Waals surface area contributed by atoms with Crippen molar-refractivity contribution in [2.75, 3.05) is 13.7 Å². The van der Waals surface area contributed by atoms with Crippen molar-refractivity contribution in [3.8, 4) is 11.5 Å². The smallest absolute Gasteiger partial charge is 0.174 e. The number of aliphatic hydroxyl groups is 1. The number of phenols is 1. The molecule has 0 saturated heterocycles. The first kappa shape index (κ1) is 12.3. The number of aromatic hydroxyl groups is 1. The molecule has 0 spiro atoms. The number of ether oxygens (including phenoxy) is 1. The largest absolute Gasteiger partial charge is 0.504 e. The van der Waals surface area contributed by atoms with Gasteiger partial charge in [0, 0.05) is 12.5 Å². The quantitative estimate of drug-likeness (QED) is 0.891. The molecular weight excluding hydrogens is 260 g/mol. The highest BCUT2D eigenvalue weighted by Crippen LogP contribution is 2.41. The highest BCUT2D eigenvalue weighted by molar-refractivity contribution is 9.10. The fourth-order valence-corrected chi connectivity index (χ4v) is 2.72. The summed E-state index contributed by atoms with van der Waals surface area (Å²) >= 11 is 3.39. The second-order valence-electron chi connectivity index (χ2n) is 3.56. The fraction of sp³-hybridized carbons (Fsp3) is 0.455. The summed E-state index contributed by atoms with van der Waals surface area (Å²) in [5.41, 5.74) is 1.90. The molecule has 0 aliphatic heterocycles. The minimum atomic E-state index is 0.00822. The number of rotatable bonds is 3. The van der Waals surface area contributed by atoms with Gasteiger partial charge in [-0.1, -0.05) is 6.92 Å². The predicted molar refractivity (Wildman–Crippen MR) is 62.6 cm³/mol. The van der Waals surface area contributed by atoms with Crippen LogP contribution in [0.5, 0.6) is 11.5 Å². The number of methoxy groups -OCH3 is 1. The first-order valence-corrected chi connectivity index (χ1v) is 5.49. The Bertz CT molecular complexity index is 363. The van der Waals surface area contributed by atoms with Crippen LogP contribution in [0.3, 0.4) is 0 Å². The standard InChI is InChI=1S/C11H15BrO3/c1-6-4-8(14)11(15-3)10(12)9(6)7(2)5-13/h4,7,13-14H,5H2,1-3H3. The van der Waals surface area contributed by atoms with E-state index in [0.29, 0.717) is 10.2 Å². The van der Waals surface area contributed by atoms with Gasteiger partial charge in [0.2, 0.25) is 0 Å². The number of benzene rings is 1. The van der Waals surface area contributed by atoms with Crippen LogP contribution in [0.4, 0.5) is 0 Å². The molecule has 0 aromatic heterocycles. The van der Waals surface area contributed by atoms with Crippen LogP contribution in [0, 0.1) is 6.92 Å². The number of aryl methyl sites for hydroxylation is 1. The van der Waals surface area contributed by atoms with E-state index in [-0.39, 0.29) is 18.3 Å². The van der Waals surface area contributed by atoms with Gasteiger partial charge in [-0.05, 0) is 40.0 Å². The summed E-state index contributed by atoms with van der Waals surface area (Å²) in [5, 5.41) is 18.8. The molecule has 4 heteroatoms. The van der Waals surface area contributed by atoms with Crippen LogP contribution in [0.25, 0.3) is 0 Å². The number of phenolic OH excluding ortho intramolecular Hbond substituents is 1.